The van der Waals surface area contributed by atoms with E-state index in [0.717, 1.165) is 21.8 Å². The van der Waals surface area contributed by atoms with Gasteiger partial charge in [-0.25, -0.2) is 13.2 Å². The fraction of sp³-hybridized carbons (Fsp3) is 0.750. The van der Waals surface area contributed by atoms with Gasteiger partial charge >= 0.3 is 5.69 Å². The number of nitrogens with zero attached hydrogens (tertiary/aromatic N) is 3. The van der Waals surface area contributed by atoms with Crippen LogP contribution in [0.5, 0.6) is 0 Å². The zero-order chi connectivity index (χ0) is 18.8. The molecule has 3 rings (SSSR count). The monoisotopic (exact) mass is 371 g/mol. The molecule has 2 fully saturated rings. The molecule has 1 aliphatic carbocycles. The first-order valence-corrected chi connectivity index (χ1v) is 9.66. The van der Waals surface area contributed by atoms with Crippen molar-refractivity contribution in [1.29, 1.82) is 0 Å². The van der Waals surface area contributed by atoms with Gasteiger partial charge in [-0.05, 0) is 17.8 Å². The Bertz CT molecular complexity index is 930. The number of rotatable bonds is 4. The lowest BCUT2D eigenvalue weighted by Crippen LogP contribution is -2.55. The Balaban J connectivity index is 2.03. The summed E-state index contributed by atoms with van der Waals surface area (Å²) in [5, 5.41) is 0. The summed E-state index contributed by atoms with van der Waals surface area (Å²) in [6, 6.07) is 0. The fourth-order valence-electron chi connectivity index (χ4n) is 4.84. The average molecular weight is 371 g/mol. The van der Waals surface area contributed by atoms with Crippen LogP contribution in [0.1, 0.15) is 20.3 Å². The number of sulfonamides is 1. The third kappa shape index (κ3) is 2.51. The molecule has 1 saturated carbocycles. The highest BCUT2D eigenvalue weighted by molar-refractivity contribution is 7.89. The van der Waals surface area contributed by atoms with Gasteiger partial charge in [0.25, 0.3) is 5.56 Å². The molecule has 140 valence electrons. The first-order valence-electron chi connectivity index (χ1n) is 8.22. The van der Waals surface area contributed by atoms with Gasteiger partial charge < -0.3 is 9.30 Å². The molecule has 0 aromatic carbocycles. The highest BCUT2D eigenvalue weighted by Gasteiger charge is 2.64. The lowest BCUT2D eigenvalue weighted by molar-refractivity contribution is -0.106. The van der Waals surface area contributed by atoms with E-state index in [1.165, 1.54) is 18.4 Å². The smallest absolute Gasteiger partial charge is 0.330 e. The van der Waals surface area contributed by atoms with Crippen LogP contribution >= 0.6 is 0 Å². The molecule has 0 radical (unpaired) electrons. The van der Waals surface area contributed by atoms with Crippen LogP contribution < -0.4 is 11.2 Å². The van der Waals surface area contributed by atoms with Crippen LogP contribution in [0.4, 0.5) is 0 Å². The van der Waals surface area contributed by atoms with Crippen LogP contribution in [0.2, 0.25) is 0 Å². The summed E-state index contributed by atoms with van der Waals surface area (Å²) in [5.41, 5.74) is -1.50. The number of ether oxygens (including phenoxy) is 1. The molecular weight excluding hydrogens is 346 g/mol. The summed E-state index contributed by atoms with van der Waals surface area (Å²) < 4.78 is 34.9. The minimum Gasteiger partial charge on any atom is -0.384 e. The van der Waals surface area contributed by atoms with Crippen molar-refractivity contribution in [2.45, 2.75) is 25.2 Å². The SMILES string of the molecule is COC[C@@]12CN(S(=O)(=O)c3cn(C)c(=O)n(C)c3=O)C[C@@H]1C(C)(C)C2. The third-order valence-corrected chi connectivity index (χ3v) is 7.63. The first-order chi connectivity index (χ1) is 11.5. The Morgan fingerprint density at radius 1 is 1.28 bits per heavy atom. The molecule has 0 bridgehead atoms. The molecule has 0 amide bonds. The molecule has 0 unspecified atom stereocenters. The molecule has 8 nitrogen and oxygen atoms in total. The summed E-state index contributed by atoms with van der Waals surface area (Å²) in [6.45, 7) is 5.46. The Labute approximate surface area is 147 Å². The predicted molar refractivity (Wildman–Crippen MR) is 91.9 cm³/mol. The standard InChI is InChI=1S/C16H25N3O5S/c1-15(2)8-16(10-24-5)9-19(7-12(15)16)25(22,23)11-6-17(3)14(21)18(4)13(11)20/h6,12H,7-10H2,1-5H3/t12-,16-/m1/s1. The largest absolute Gasteiger partial charge is 0.384 e. The van der Waals surface area contributed by atoms with Crippen LogP contribution in [0.3, 0.4) is 0 Å². The summed E-state index contributed by atoms with van der Waals surface area (Å²) in [4.78, 5) is 23.8. The maximum absolute atomic E-state index is 13.1. The summed E-state index contributed by atoms with van der Waals surface area (Å²) >= 11 is 0. The number of hydrogen-bond acceptors (Lipinski definition) is 5. The number of methoxy groups -OCH3 is 1. The second-order valence-corrected chi connectivity index (χ2v) is 9.97. The molecule has 0 N–H and O–H groups in total. The van der Waals surface area contributed by atoms with Crippen LogP contribution in [-0.2, 0) is 28.9 Å². The number of aryl methyl sites for hydroxylation is 1. The van der Waals surface area contributed by atoms with E-state index in [-0.39, 0.29) is 21.6 Å². The molecule has 1 aliphatic heterocycles. The second kappa shape index (κ2) is 5.52. The molecule has 25 heavy (non-hydrogen) atoms. The van der Waals surface area contributed by atoms with E-state index in [1.807, 2.05) is 0 Å². The van der Waals surface area contributed by atoms with Crippen LogP contribution in [-0.4, -0.2) is 48.7 Å². The van der Waals surface area contributed by atoms with Gasteiger partial charge in [-0.1, -0.05) is 13.8 Å². The van der Waals surface area contributed by atoms with Gasteiger partial charge in [-0.15, -0.1) is 0 Å². The third-order valence-electron chi connectivity index (χ3n) is 5.83. The first kappa shape index (κ1) is 18.3. The van der Waals surface area contributed by atoms with Crippen molar-refractivity contribution < 1.29 is 13.2 Å². The Hall–Kier alpha value is -1.45. The molecule has 1 aromatic heterocycles. The zero-order valence-corrected chi connectivity index (χ0v) is 16.1. The van der Waals surface area contributed by atoms with Gasteiger partial charge in [0, 0.05) is 45.9 Å². The molecule has 0 spiro atoms. The average Bonchev–Trinajstić information content (AvgIpc) is 2.84. The van der Waals surface area contributed by atoms with Crippen molar-refractivity contribution in [2.24, 2.45) is 30.8 Å². The zero-order valence-electron chi connectivity index (χ0n) is 15.3. The number of fused-ring (bicyclic) bond motifs is 1. The van der Waals surface area contributed by atoms with E-state index < -0.39 is 21.3 Å². The van der Waals surface area contributed by atoms with E-state index in [1.54, 1.807) is 7.11 Å². The van der Waals surface area contributed by atoms with Gasteiger partial charge in [0.15, 0.2) is 4.90 Å². The number of aromatic nitrogens is 2. The lowest BCUT2D eigenvalue weighted by Gasteiger charge is -2.56. The van der Waals surface area contributed by atoms with Crippen molar-refractivity contribution in [3.05, 3.63) is 27.0 Å². The fourth-order valence-corrected chi connectivity index (χ4v) is 6.54. The maximum Gasteiger partial charge on any atom is 0.330 e. The molecular formula is C16H25N3O5S. The van der Waals surface area contributed by atoms with Crippen molar-refractivity contribution in [1.82, 2.24) is 13.4 Å². The normalized spacial score (nSPS) is 28.6. The Morgan fingerprint density at radius 2 is 1.92 bits per heavy atom. The van der Waals surface area contributed by atoms with Gasteiger partial charge in [0.1, 0.15) is 0 Å². The van der Waals surface area contributed by atoms with E-state index >= 15 is 0 Å². The van der Waals surface area contributed by atoms with Crippen molar-refractivity contribution in [2.75, 3.05) is 26.8 Å². The van der Waals surface area contributed by atoms with Crippen LogP contribution in [0.15, 0.2) is 20.7 Å². The topological polar surface area (TPSA) is 90.6 Å². The van der Waals surface area contributed by atoms with Gasteiger partial charge in [0.2, 0.25) is 10.0 Å². The molecule has 2 aliphatic rings. The maximum atomic E-state index is 13.1. The van der Waals surface area contributed by atoms with E-state index in [4.69, 9.17) is 4.74 Å². The Kier molecular flexibility index (Phi) is 4.05. The van der Waals surface area contributed by atoms with E-state index in [2.05, 4.69) is 13.8 Å². The lowest BCUT2D eigenvalue weighted by atomic mass is 9.48. The van der Waals surface area contributed by atoms with E-state index in [9.17, 15) is 18.0 Å². The van der Waals surface area contributed by atoms with Gasteiger partial charge in [-0.2, -0.15) is 4.31 Å². The van der Waals surface area contributed by atoms with Gasteiger partial charge in [0.05, 0.1) is 6.61 Å². The van der Waals surface area contributed by atoms with Crippen LogP contribution in [0.25, 0.3) is 0 Å². The summed E-state index contributed by atoms with van der Waals surface area (Å²) in [7, 11) is 0.362. The molecule has 2 heterocycles. The molecule has 1 aromatic rings. The molecule has 1 saturated heterocycles. The minimum atomic E-state index is -3.98. The van der Waals surface area contributed by atoms with Crippen LogP contribution in [0, 0.1) is 16.7 Å². The second-order valence-electron chi connectivity index (χ2n) is 8.06. The van der Waals surface area contributed by atoms with Crippen molar-refractivity contribution >= 4 is 10.0 Å². The number of hydrogen-bond donors (Lipinski definition) is 0. The van der Waals surface area contributed by atoms with Crippen molar-refractivity contribution in [3.8, 4) is 0 Å². The summed E-state index contributed by atoms with van der Waals surface area (Å²) in [5.74, 6) is 0.186. The molecule has 9 heteroatoms. The van der Waals surface area contributed by atoms with E-state index in [0.29, 0.717) is 19.7 Å². The van der Waals surface area contributed by atoms with Crippen molar-refractivity contribution in [3.63, 3.8) is 0 Å². The highest BCUT2D eigenvalue weighted by atomic mass is 32.2. The minimum absolute atomic E-state index is 0.0390. The van der Waals surface area contributed by atoms with Gasteiger partial charge in [-0.3, -0.25) is 9.36 Å². The highest BCUT2D eigenvalue weighted by Crippen LogP contribution is 2.63. The predicted octanol–water partition coefficient (Wildman–Crippen LogP) is -0.233. The summed E-state index contributed by atoms with van der Waals surface area (Å²) in [6.07, 6.45) is 2.00. The Morgan fingerprint density at radius 3 is 2.48 bits per heavy atom. The quantitative estimate of drug-likeness (QED) is 0.729. The molecule has 2 atom stereocenters.